The van der Waals surface area contributed by atoms with Crippen molar-refractivity contribution in [3.8, 4) is 0 Å². The van der Waals surface area contributed by atoms with Crippen LogP contribution in [0.5, 0.6) is 0 Å². The van der Waals surface area contributed by atoms with Gasteiger partial charge in [0.25, 0.3) is 0 Å². The zero-order valence-corrected chi connectivity index (χ0v) is 16.5. The van der Waals surface area contributed by atoms with Crippen molar-refractivity contribution >= 4 is 45.8 Å². The molecule has 3 rings (SSSR count). The number of carbonyl (C=O) groups is 1. The highest BCUT2D eigenvalue weighted by Gasteiger charge is 2.07. The Morgan fingerprint density at radius 3 is 2.37 bits per heavy atom. The quantitative estimate of drug-likeness (QED) is 0.483. The molecule has 0 atom stereocenters. The molecule has 27 heavy (non-hydrogen) atoms. The molecule has 0 bridgehead atoms. The van der Waals surface area contributed by atoms with Crippen molar-refractivity contribution in [3.05, 3.63) is 82.9 Å². The molecule has 1 amide bonds. The summed E-state index contributed by atoms with van der Waals surface area (Å²) in [6.45, 7) is 6.10. The van der Waals surface area contributed by atoms with Gasteiger partial charge in [-0.2, -0.15) is 0 Å². The van der Waals surface area contributed by atoms with Crippen molar-refractivity contribution in [1.82, 2.24) is 5.32 Å². The number of fused-ring (bicyclic) bond motifs is 1. The number of carbonyl (C=O) groups excluding carboxylic acids is 1. The van der Waals surface area contributed by atoms with Crippen LogP contribution in [-0.4, -0.2) is 11.0 Å². The summed E-state index contributed by atoms with van der Waals surface area (Å²) in [4.78, 5) is 12.3. The lowest BCUT2D eigenvalue weighted by Gasteiger charge is -2.14. The van der Waals surface area contributed by atoms with E-state index < -0.39 is 0 Å². The van der Waals surface area contributed by atoms with E-state index in [1.54, 1.807) is 0 Å². The van der Waals surface area contributed by atoms with Crippen LogP contribution < -0.4 is 10.6 Å². The second kappa shape index (κ2) is 8.14. The van der Waals surface area contributed by atoms with Crippen LogP contribution in [0, 0.1) is 20.8 Å². The molecule has 4 heteroatoms. The van der Waals surface area contributed by atoms with Gasteiger partial charge in [0.05, 0.1) is 0 Å². The predicted molar refractivity (Wildman–Crippen MR) is 118 cm³/mol. The molecule has 0 saturated carbocycles. The molecule has 0 aliphatic carbocycles. The highest BCUT2D eigenvalue weighted by atomic mass is 32.1. The van der Waals surface area contributed by atoms with Crippen LogP contribution in [-0.2, 0) is 4.79 Å². The lowest BCUT2D eigenvalue weighted by atomic mass is 10.0. The summed E-state index contributed by atoms with van der Waals surface area (Å²) in [5, 5.41) is 8.38. The van der Waals surface area contributed by atoms with Gasteiger partial charge >= 0.3 is 0 Å². The van der Waals surface area contributed by atoms with E-state index in [9.17, 15) is 4.79 Å². The molecule has 136 valence electrons. The molecular weight excluding hydrogens is 352 g/mol. The van der Waals surface area contributed by atoms with E-state index in [0.717, 1.165) is 33.2 Å². The lowest BCUT2D eigenvalue weighted by Crippen LogP contribution is -2.33. The highest BCUT2D eigenvalue weighted by Crippen LogP contribution is 2.22. The van der Waals surface area contributed by atoms with Crippen molar-refractivity contribution in [2.45, 2.75) is 20.8 Å². The van der Waals surface area contributed by atoms with E-state index in [2.05, 4.69) is 41.8 Å². The van der Waals surface area contributed by atoms with Gasteiger partial charge in [0.15, 0.2) is 5.11 Å². The Labute approximate surface area is 165 Å². The van der Waals surface area contributed by atoms with Crippen LogP contribution in [0.25, 0.3) is 16.8 Å². The Kier molecular flexibility index (Phi) is 5.67. The standard InChI is InChI=1S/C23H22N2OS/c1-15-13-16(2)22(17(3)14-15)25-23(27)24-21(26)12-11-19-9-6-8-18-7-4-5-10-20(18)19/h4-14H,1-3H3,(H2,24,25,26,27). The van der Waals surface area contributed by atoms with E-state index in [0.29, 0.717) is 0 Å². The third kappa shape index (κ3) is 4.60. The molecule has 3 aromatic rings. The van der Waals surface area contributed by atoms with Gasteiger partial charge < -0.3 is 5.32 Å². The largest absolute Gasteiger partial charge is 0.332 e. The summed E-state index contributed by atoms with van der Waals surface area (Å²) in [7, 11) is 0. The van der Waals surface area contributed by atoms with Crippen molar-refractivity contribution < 1.29 is 4.79 Å². The Bertz CT molecular complexity index is 1020. The number of hydrogen-bond donors (Lipinski definition) is 2. The molecular formula is C23H22N2OS. The third-order valence-corrected chi connectivity index (χ3v) is 4.59. The molecule has 0 heterocycles. The van der Waals surface area contributed by atoms with Crippen LogP contribution >= 0.6 is 12.2 Å². The second-order valence-corrected chi connectivity index (χ2v) is 7.03. The predicted octanol–water partition coefficient (Wildman–Crippen LogP) is 5.29. The summed E-state index contributed by atoms with van der Waals surface area (Å²) in [6.07, 6.45) is 3.31. The molecule has 3 nitrogen and oxygen atoms in total. The maximum atomic E-state index is 12.3. The van der Waals surface area contributed by atoms with Gasteiger partial charge in [0.1, 0.15) is 0 Å². The van der Waals surface area contributed by atoms with E-state index >= 15 is 0 Å². The van der Waals surface area contributed by atoms with E-state index in [1.165, 1.54) is 11.6 Å². The molecule has 0 radical (unpaired) electrons. The number of amides is 1. The molecule has 0 spiro atoms. The smallest absolute Gasteiger partial charge is 0.250 e. The summed E-state index contributed by atoms with van der Waals surface area (Å²) in [5.41, 5.74) is 5.31. The zero-order valence-electron chi connectivity index (χ0n) is 15.7. The summed E-state index contributed by atoms with van der Waals surface area (Å²) < 4.78 is 0. The van der Waals surface area contributed by atoms with Gasteiger partial charge in [-0.05, 0) is 66.5 Å². The Balaban J connectivity index is 1.69. The first-order valence-corrected chi connectivity index (χ1v) is 9.20. The topological polar surface area (TPSA) is 41.1 Å². The van der Waals surface area contributed by atoms with E-state index in [1.807, 2.05) is 50.3 Å². The summed E-state index contributed by atoms with van der Waals surface area (Å²) in [6, 6.07) is 18.3. The Morgan fingerprint density at radius 2 is 1.63 bits per heavy atom. The average Bonchev–Trinajstić information content (AvgIpc) is 2.63. The van der Waals surface area contributed by atoms with Crippen LogP contribution in [0.4, 0.5) is 5.69 Å². The minimum Gasteiger partial charge on any atom is -0.332 e. The van der Waals surface area contributed by atoms with E-state index in [4.69, 9.17) is 12.2 Å². The number of anilines is 1. The molecule has 0 saturated heterocycles. The molecule has 0 aliphatic heterocycles. The molecule has 0 unspecified atom stereocenters. The monoisotopic (exact) mass is 374 g/mol. The van der Waals surface area contributed by atoms with Gasteiger partial charge in [-0.3, -0.25) is 10.1 Å². The van der Waals surface area contributed by atoms with Crippen LogP contribution in [0.1, 0.15) is 22.3 Å². The maximum Gasteiger partial charge on any atom is 0.250 e. The molecule has 3 aromatic carbocycles. The number of aryl methyl sites for hydroxylation is 3. The number of rotatable bonds is 3. The van der Waals surface area contributed by atoms with Crippen LogP contribution in [0.15, 0.2) is 60.7 Å². The normalized spacial score (nSPS) is 10.9. The van der Waals surface area contributed by atoms with Crippen molar-refractivity contribution in [2.24, 2.45) is 0 Å². The van der Waals surface area contributed by atoms with Gasteiger partial charge in [-0.1, -0.05) is 60.2 Å². The number of benzene rings is 3. The second-order valence-electron chi connectivity index (χ2n) is 6.62. The van der Waals surface area contributed by atoms with Crippen molar-refractivity contribution in [2.75, 3.05) is 5.32 Å². The third-order valence-electron chi connectivity index (χ3n) is 4.39. The summed E-state index contributed by atoms with van der Waals surface area (Å²) in [5.74, 6) is -0.261. The van der Waals surface area contributed by atoms with Crippen LogP contribution in [0.2, 0.25) is 0 Å². The minimum absolute atomic E-state index is 0.261. The first kappa shape index (κ1) is 18.8. The van der Waals surface area contributed by atoms with Crippen molar-refractivity contribution in [3.63, 3.8) is 0 Å². The van der Waals surface area contributed by atoms with Gasteiger partial charge in [-0.15, -0.1) is 0 Å². The average molecular weight is 375 g/mol. The number of thiocarbonyl (C=S) groups is 1. The fourth-order valence-electron chi connectivity index (χ4n) is 3.24. The molecule has 0 aliphatic rings. The Morgan fingerprint density at radius 1 is 0.963 bits per heavy atom. The SMILES string of the molecule is Cc1cc(C)c(NC(=S)NC(=O)C=Cc2cccc3ccccc23)c(C)c1. The molecule has 2 N–H and O–H groups in total. The number of hydrogen-bond acceptors (Lipinski definition) is 2. The molecule has 0 fully saturated rings. The highest BCUT2D eigenvalue weighted by molar-refractivity contribution is 7.80. The zero-order chi connectivity index (χ0) is 19.4. The van der Waals surface area contributed by atoms with Crippen LogP contribution in [0.3, 0.4) is 0 Å². The van der Waals surface area contributed by atoms with E-state index in [-0.39, 0.29) is 11.0 Å². The maximum absolute atomic E-state index is 12.3. The fourth-order valence-corrected chi connectivity index (χ4v) is 3.44. The minimum atomic E-state index is -0.261. The van der Waals surface area contributed by atoms with Gasteiger partial charge in [0, 0.05) is 11.8 Å². The lowest BCUT2D eigenvalue weighted by molar-refractivity contribution is -0.115. The molecule has 0 aromatic heterocycles. The summed E-state index contributed by atoms with van der Waals surface area (Å²) >= 11 is 5.30. The number of nitrogens with one attached hydrogen (secondary N) is 2. The fraction of sp³-hybridized carbons (Fsp3) is 0.130. The Hall–Kier alpha value is -2.98. The first-order chi connectivity index (χ1) is 12.9. The first-order valence-electron chi connectivity index (χ1n) is 8.79. The van der Waals surface area contributed by atoms with Crippen molar-refractivity contribution in [1.29, 1.82) is 0 Å². The van der Waals surface area contributed by atoms with Gasteiger partial charge in [-0.25, -0.2) is 0 Å². The van der Waals surface area contributed by atoms with Gasteiger partial charge in [0.2, 0.25) is 5.91 Å².